The minimum Gasteiger partial charge on any atom is -0.478 e. The highest BCUT2D eigenvalue weighted by Crippen LogP contribution is 2.40. The summed E-state index contributed by atoms with van der Waals surface area (Å²) >= 11 is 0. The van der Waals surface area contributed by atoms with Crippen molar-refractivity contribution in [3.05, 3.63) is 82.9 Å². The molecule has 2 saturated heterocycles. The standard InChI is InChI=1S/C24H25F4N3O2.C4H4O4/c25-16-3-1-13(2-4-16)24(33)30-12-23(32)31-17-5-6-18(31)8-15(7-17)22(29)10-14-9-20(27)21(28)11-19(14)26;5-3(6)1-2-4(7)8/h1-4,9,11,15,17-18,22H,5-8,10,12,29H2,(H,30,33);1-2H,(H,5,6)(H,7,8)/b;2-1-/t15-,17-,18+,22-;/m1./s1. The van der Waals surface area contributed by atoms with Crippen LogP contribution in [0.5, 0.6) is 0 Å². The number of nitrogens with two attached hydrogens (primary N) is 1. The first-order chi connectivity index (χ1) is 19.3. The Kier molecular flexibility index (Phi) is 10.6. The van der Waals surface area contributed by atoms with Gasteiger partial charge in [-0.2, -0.15) is 0 Å². The average Bonchev–Trinajstić information content (AvgIpc) is 3.18. The molecule has 9 nitrogen and oxygen atoms in total. The van der Waals surface area contributed by atoms with Gasteiger partial charge < -0.3 is 26.2 Å². The van der Waals surface area contributed by atoms with Gasteiger partial charge in [-0.3, -0.25) is 9.59 Å². The molecule has 2 aromatic carbocycles. The Morgan fingerprint density at radius 2 is 1.44 bits per heavy atom. The highest BCUT2D eigenvalue weighted by Gasteiger charge is 2.44. The third-order valence-corrected chi connectivity index (χ3v) is 7.08. The number of hydrogen-bond donors (Lipinski definition) is 4. The molecule has 0 aromatic heterocycles. The van der Waals surface area contributed by atoms with Gasteiger partial charge in [-0.15, -0.1) is 0 Å². The van der Waals surface area contributed by atoms with Crippen molar-refractivity contribution in [2.75, 3.05) is 6.54 Å². The molecule has 0 saturated carbocycles. The van der Waals surface area contributed by atoms with Gasteiger partial charge in [-0.05, 0) is 73.9 Å². The summed E-state index contributed by atoms with van der Waals surface area (Å²) in [6.07, 6.45) is 4.07. The maximum Gasteiger partial charge on any atom is 0.328 e. The van der Waals surface area contributed by atoms with E-state index in [4.69, 9.17) is 15.9 Å². The predicted octanol–water partition coefficient (Wildman–Crippen LogP) is 3.02. The topological polar surface area (TPSA) is 150 Å². The minimum absolute atomic E-state index is 0.00729. The Hall–Kier alpha value is -4.26. The zero-order chi connectivity index (χ0) is 30.3. The number of carbonyl (C=O) groups excluding carboxylic acids is 2. The number of carboxylic acid groups (broad SMARTS) is 2. The Balaban J connectivity index is 0.000000507. The zero-order valence-electron chi connectivity index (χ0n) is 21.7. The fourth-order valence-electron chi connectivity index (χ4n) is 5.21. The largest absolute Gasteiger partial charge is 0.478 e. The van der Waals surface area contributed by atoms with E-state index in [9.17, 15) is 36.7 Å². The van der Waals surface area contributed by atoms with Crippen molar-refractivity contribution in [1.82, 2.24) is 10.2 Å². The number of carbonyl (C=O) groups is 4. The normalized spacial score (nSPS) is 20.2. The van der Waals surface area contributed by atoms with Crippen molar-refractivity contribution >= 4 is 23.8 Å². The maximum absolute atomic E-state index is 14.0. The quantitative estimate of drug-likeness (QED) is 0.213. The number of amides is 2. The monoisotopic (exact) mass is 579 g/mol. The van der Waals surface area contributed by atoms with Crippen LogP contribution in [-0.4, -0.2) is 63.5 Å². The molecule has 2 aromatic rings. The van der Waals surface area contributed by atoms with Crippen LogP contribution in [0.1, 0.15) is 41.6 Å². The molecule has 5 N–H and O–H groups in total. The number of nitrogens with zero attached hydrogens (tertiary/aromatic N) is 1. The van der Waals surface area contributed by atoms with E-state index in [1.165, 1.54) is 24.3 Å². The van der Waals surface area contributed by atoms with E-state index in [1.54, 1.807) is 4.90 Å². The molecule has 2 aliphatic heterocycles. The molecule has 4 rings (SSSR count). The van der Waals surface area contributed by atoms with Crippen LogP contribution in [-0.2, 0) is 20.8 Å². The number of carboxylic acids is 2. The third-order valence-electron chi connectivity index (χ3n) is 7.08. The van der Waals surface area contributed by atoms with Crippen LogP contribution < -0.4 is 11.1 Å². The zero-order valence-corrected chi connectivity index (χ0v) is 21.7. The first-order valence-electron chi connectivity index (χ1n) is 12.7. The first-order valence-corrected chi connectivity index (χ1v) is 12.7. The van der Waals surface area contributed by atoms with E-state index < -0.39 is 47.2 Å². The lowest BCUT2D eigenvalue weighted by Crippen LogP contribution is -2.52. The van der Waals surface area contributed by atoms with Gasteiger partial charge in [0, 0.05) is 41.9 Å². The molecule has 13 heteroatoms. The second-order valence-electron chi connectivity index (χ2n) is 9.84. The Morgan fingerprint density at radius 3 is 1.98 bits per heavy atom. The molecule has 220 valence electrons. The van der Waals surface area contributed by atoms with Gasteiger partial charge >= 0.3 is 11.9 Å². The van der Waals surface area contributed by atoms with Gasteiger partial charge in [0.05, 0.1) is 6.54 Å². The number of benzene rings is 2. The molecular weight excluding hydrogens is 550 g/mol. The van der Waals surface area contributed by atoms with Gasteiger partial charge in [-0.1, -0.05) is 0 Å². The van der Waals surface area contributed by atoms with Crippen molar-refractivity contribution in [3.63, 3.8) is 0 Å². The second-order valence-corrected chi connectivity index (χ2v) is 9.84. The van der Waals surface area contributed by atoms with E-state index >= 15 is 0 Å². The van der Waals surface area contributed by atoms with Crippen molar-refractivity contribution in [2.45, 2.75) is 50.2 Å². The SMILES string of the molecule is N[C@H](Cc1cc(F)c(F)cc1F)[C@@H]1C[C@H]2CC[C@@H](C1)N2C(=O)CNC(=O)c1ccc(F)cc1.O=C(O)/C=C\C(=O)O. The fraction of sp³-hybridized carbons (Fsp3) is 0.357. The molecule has 2 fully saturated rings. The maximum atomic E-state index is 14.0. The average molecular weight is 580 g/mol. The van der Waals surface area contributed by atoms with E-state index in [0.717, 1.165) is 18.9 Å². The number of hydrogen-bond acceptors (Lipinski definition) is 5. The smallest absolute Gasteiger partial charge is 0.328 e. The van der Waals surface area contributed by atoms with Crippen LogP contribution in [0.2, 0.25) is 0 Å². The lowest BCUT2D eigenvalue weighted by Gasteiger charge is -2.41. The number of rotatable bonds is 8. The van der Waals surface area contributed by atoms with Gasteiger partial charge in [0.25, 0.3) is 5.91 Å². The number of halogens is 4. The molecule has 0 unspecified atom stereocenters. The summed E-state index contributed by atoms with van der Waals surface area (Å²) in [6.45, 7) is -0.167. The Labute approximate surface area is 232 Å². The molecule has 0 radical (unpaired) electrons. The van der Waals surface area contributed by atoms with Crippen molar-refractivity contribution in [1.29, 1.82) is 0 Å². The van der Waals surface area contributed by atoms with E-state index in [0.29, 0.717) is 31.1 Å². The molecule has 2 bridgehead atoms. The summed E-state index contributed by atoms with van der Waals surface area (Å²) in [5.41, 5.74) is 6.62. The van der Waals surface area contributed by atoms with E-state index in [2.05, 4.69) is 5.32 Å². The summed E-state index contributed by atoms with van der Waals surface area (Å²) in [6, 6.07) is 5.90. The van der Waals surface area contributed by atoms with Gasteiger partial charge in [0.15, 0.2) is 11.6 Å². The summed E-state index contributed by atoms with van der Waals surface area (Å²) in [4.78, 5) is 45.9. The molecular formula is C28H29F4N3O6. The fourth-order valence-corrected chi connectivity index (χ4v) is 5.21. The molecule has 2 amide bonds. The summed E-state index contributed by atoms with van der Waals surface area (Å²) in [5.74, 6) is -6.78. The predicted molar refractivity (Wildman–Crippen MR) is 138 cm³/mol. The Bertz CT molecular complexity index is 1290. The van der Waals surface area contributed by atoms with Gasteiger partial charge in [0.1, 0.15) is 11.6 Å². The minimum atomic E-state index is -1.26. The second kappa shape index (κ2) is 13.9. The highest BCUT2D eigenvalue weighted by atomic mass is 19.2. The van der Waals surface area contributed by atoms with Crippen LogP contribution in [0.3, 0.4) is 0 Å². The van der Waals surface area contributed by atoms with Crippen LogP contribution in [0.4, 0.5) is 17.6 Å². The van der Waals surface area contributed by atoms with Gasteiger partial charge in [0.2, 0.25) is 5.91 Å². The van der Waals surface area contributed by atoms with Crippen LogP contribution >= 0.6 is 0 Å². The number of aliphatic carboxylic acids is 2. The van der Waals surface area contributed by atoms with Crippen LogP contribution in [0, 0.1) is 29.2 Å². The van der Waals surface area contributed by atoms with Crippen molar-refractivity contribution in [3.8, 4) is 0 Å². The molecule has 2 aliphatic rings. The third kappa shape index (κ3) is 8.61. The van der Waals surface area contributed by atoms with Crippen molar-refractivity contribution < 1.29 is 47.0 Å². The van der Waals surface area contributed by atoms with E-state index in [-0.39, 0.29) is 48.0 Å². The number of nitrogens with one attached hydrogen (secondary N) is 1. The summed E-state index contributed by atoms with van der Waals surface area (Å²) < 4.78 is 53.7. The number of piperidine rings is 1. The van der Waals surface area contributed by atoms with Crippen LogP contribution in [0.25, 0.3) is 0 Å². The van der Waals surface area contributed by atoms with Crippen molar-refractivity contribution in [2.24, 2.45) is 11.7 Å². The van der Waals surface area contributed by atoms with Gasteiger partial charge in [-0.25, -0.2) is 27.2 Å². The summed E-state index contributed by atoms with van der Waals surface area (Å²) in [5, 5.41) is 18.2. The molecule has 4 atom stereocenters. The highest BCUT2D eigenvalue weighted by molar-refractivity contribution is 5.96. The summed E-state index contributed by atoms with van der Waals surface area (Å²) in [7, 11) is 0. The van der Waals surface area contributed by atoms with Crippen LogP contribution in [0.15, 0.2) is 48.6 Å². The lowest BCUT2D eigenvalue weighted by molar-refractivity contribution is -0.135. The Morgan fingerprint density at radius 1 is 0.902 bits per heavy atom. The molecule has 0 aliphatic carbocycles. The molecule has 0 spiro atoms. The number of fused-ring (bicyclic) bond motifs is 2. The molecule has 41 heavy (non-hydrogen) atoms. The van der Waals surface area contributed by atoms with E-state index in [1.807, 2.05) is 0 Å². The lowest BCUT2D eigenvalue weighted by atomic mass is 9.82. The molecule has 2 heterocycles. The first kappa shape index (κ1) is 31.3.